The summed E-state index contributed by atoms with van der Waals surface area (Å²) in [7, 11) is -3.75. The highest BCUT2D eigenvalue weighted by atomic mass is 32.2. The smallest absolute Gasteiger partial charge is 0.321 e. The summed E-state index contributed by atoms with van der Waals surface area (Å²) in [5, 5.41) is 9.11. The van der Waals surface area contributed by atoms with Gasteiger partial charge in [0.25, 0.3) is 10.2 Å². The van der Waals surface area contributed by atoms with Crippen LogP contribution in [0.1, 0.15) is 24.8 Å². The molecule has 1 saturated carbocycles. The number of nitrogens with one attached hydrogen (secondary N) is 2. The summed E-state index contributed by atoms with van der Waals surface area (Å²) in [5.74, 6) is -1.16. The SMILES string of the molecule is O=C(O)[C@H](CCc1ccccc1)NS(=O)(=O)NC1CC1. The molecule has 6 nitrogen and oxygen atoms in total. The second kappa shape index (κ2) is 6.34. The first-order valence-electron chi connectivity index (χ1n) is 6.52. The summed E-state index contributed by atoms with van der Waals surface area (Å²) in [6.45, 7) is 0. The maximum atomic E-state index is 11.7. The Morgan fingerprint density at radius 1 is 1.30 bits per heavy atom. The van der Waals surface area contributed by atoms with E-state index in [-0.39, 0.29) is 12.5 Å². The van der Waals surface area contributed by atoms with Crippen molar-refractivity contribution in [2.45, 2.75) is 37.8 Å². The zero-order valence-electron chi connectivity index (χ0n) is 11.0. The van der Waals surface area contributed by atoms with E-state index in [1.54, 1.807) is 0 Å². The number of hydrogen-bond acceptors (Lipinski definition) is 3. The molecule has 0 saturated heterocycles. The van der Waals surface area contributed by atoms with Crippen molar-refractivity contribution in [3.05, 3.63) is 35.9 Å². The second-order valence-electron chi connectivity index (χ2n) is 4.93. The van der Waals surface area contributed by atoms with Crippen molar-refractivity contribution in [1.29, 1.82) is 0 Å². The molecule has 0 spiro atoms. The molecule has 0 aromatic heterocycles. The molecule has 1 aliphatic rings. The minimum Gasteiger partial charge on any atom is -0.480 e. The summed E-state index contributed by atoms with van der Waals surface area (Å²) in [6, 6.07) is 8.21. The zero-order chi connectivity index (χ0) is 14.6. The first-order valence-corrected chi connectivity index (χ1v) is 8.01. The highest BCUT2D eigenvalue weighted by Crippen LogP contribution is 2.19. The second-order valence-corrected chi connectivity index (χ2v) is 6.41. The maximum Gasteiger partial charge on any atom is 0.321 e. The van der Waals surface area contributed by atoms with Crippen LogP contribution in [-0.4, -0.2) is 31.6 Å². The normalized spacial score (nSPS) is 16.8. The number of rotatable bonds is 8. The van der Waals surface area contributed by atoms with Gasteiger partial charge in [-0.25, -0.2) is 0 Å². The average molecular weight is 298 g/mol. The molecule has 0 aliphatic heterocycles. The summed E-state index contributed by atoms with van der Waals surface area (Å²) < 4.78 is 28.1. The third kappa shape index (κ3) is 4.92. The van der Waals surface area contributed by atoms with E-state index in [2.05, 4.69) is 9.44 Å². The zero-order valence-corrected chi connectivity index (χ0v) is 11.8. The Kier molecular flexibility index (Phi) is 4.74. The number of carboxylic acids is 1. The lowest BCUT2D eigenvalue weighted by Gasteiger charge is -2.15. The van der Waals surface area contributed by atoms with Gasteiger partial charge in [0.2, 0.25) is 0 Å². The molecule has 0 bridgehead atoms. The van der Waals surface area contributed by atoms with Gasteiger partial charge in [0, 0.05) is 6.04 Å². The van der Waals surface area contributed by atoms with E-state index >= 15 is 0 Å². The molecule has 110 valence electrons. The van der Waals surface area contributed by atoms with Gasteiger partial charge < -0.3 is 5.11 Å². The van der Waals surface area contributed by atoms with Crippen molar-refractivity contribution in [2.75, 3.05) is 0 Å². The maximum absolute atomic E-state index is 11.7. The van der Waals surface area contributed by atoms with Crippen LogP contribution in [0.4, 0.5) is 0 Å². The molecule has 1 fully saturated rings. The van der Waals surface area contributed by atoms with Gasteiger partial charge in [0.1, 0.15) is 6.04 Å². The molecule has 1 aliphatic carbocycles. The van der Waals surface area contributed by atoms with Crippen molar-refractivity contribution in [2.24, 2.45) is 0 Å². The van der Waals surface area contributed by atoms with Crippen LogP contribution >= 0.6 is 0 Å². The van der Waals surface area contributed by atoms with Crippen LogP contribution in [0, 0.1) is 0 Å². The standard InChI is InChI=1S/C13H18N2O4S/c16-13(17)12(9-6-10-4-2-1-3-5-10)15-20(18,19)14-11-7-8-11/h1-5,11-12,14-15H,6-9H2,(H,16,17)/t12-/m0/s1. The van der Waals surface area contributed by atoms with E-state index in [9.17, 15) is 13.2 Å². The molecule has 0 radical (unpaired) electrons. The van der Waals surface area contributed by atoms with Gasteiger partial charge in [-0.05, 0) is 31.2 Å². The summed E-state index contributed by atoms with van der Waals surface area (Å²) in [6.07, 6.45) is 2.33. The van der Waals surface area contributed by atoms with Gasteiger partial charge >= 0.3 is 5.97 Å². The number of aryl methyl sites for hydroxylation is 1. The fourth-order valence-corrected chi connectivity index (χ4v) is 3.17. The predicted molar refractivity (Wildman–Crippen MR) is 74.4 cm³/mol. The van der Waals surface area contributed by atoms with Crippen molar-refractivity contribution in [3.8, 4) is 0 Å². The molecule has 2 rings (SSSR count). The van der Waals surface area contributed by atoms with Crippen LogP contribution in [0.2, 0.25) is 0 Å². The summed E-state index contributed by atoms with van der Waals surface area (Å²) >= 11 is 0. The van der Waals surface area contributed by atoms with Crippen LogP contribution in [0.15, 0.2) is 30.3 Å². The minimum absolute atomic E-state index is 0.0453. The van der Waals surface area contributed by atoms with E-state index < -0.39 is 22.2 Å². The Bertz CT molecular complexity index is 555. The first-order chi connectivity index (χ1) is 9.46. The van der Waals surface area contributed by atoms with Crippen LogP contribution in [0.5, 0.6) is 0 Å². The predicted octanol–water partition coefficient (Wildman–Crippen LogP) is 0.659. The average Bonchev–Trinajstić information content (AvgIpc) is 3.18. The molecule has 1 atom stereocenters. The highest BCUT2D eigenvalue weighted by molar-refractivity contribution is 7.87. The minimum atomic E-state index is -3.75. The van der Waals surface area contributed by atoms with Crippen LogP contribution in [0.25, 0.3) is 0 Å². The monoisotopic (exact) mass is 298 g/mol. The number of benzene rings is 1. The molecule has 1 aromatic rings. The molecule has 20 heavy (non-hydrogen) atoms. The number of hydrogen-bond donors (Lipinski definition) is 3. The molecule has 0 amide bonds. The summed E-state index contributed by atoms with van der Waals surface area (Å²) in [5.41, 5.74) is 0.980. The van der Waals surface area contributed by atoms with E-state index in [1.165, 1.54) is 0 Å². The van der Waals surface area contributed by atoms with E-state index in [1.807, 2.05) is 30.3 Å². The largest absolute Gasteiger partial charge is 0.480 e. The first kappa shape index (κ1) is 15.0. The Hall–Kier alpha value is -1.44. The lowest BCUT2D eigenvalue weighted by Crippen LogP contribution is -2.47. The van der Waals surface area contributed by atoms with Crippen LogP contribution in [-0.2, 0) is 21.4 Å². The van der Waals surface area contributed by atoms with Crippen molar-refractivity contribution in [3.63, 3.8) is 0 Å². The van der Waals surface area contributed by atoms with E-state index in [0.29, 0.717) is 6.42 Å². The van der Waals surface area contributed by atoms with Crippen molar-refractivity contribution in [1.82, 2.24) is 9.44 Å². The van der Waals surface area contributed by atoms with E-state index in [4.69, 9.17) is 5.11 Å². The van der Waals surface area contributed by atoms with Crippen molar-refractivity contribution < 1.29 is 18.3 Å². The van der Waals surface area contributed by atoms with Gasteiger partial charge in [-0.15, -0.1) is 0 Å². The third-order valence-electron chi connectivity index (χ3n) is 3.06. The fourth-order valence-electron chi connectivity index (χ4n) is 1.83. The lowest BCUT2D eigenvalue weighted by atomic mass is 10.1. The molecular weight excluding hydrogens is 280 g/mol. The van der Waals surface area contributed by atoms with E-state index in [0.717, 1.165) is 18.4 Å². The fraction of sp³-hybridized carbons (Fsp3) is 0.462. The van der Waals surface area contributed by atoms with Gasteiger partial charge in [-0.1, -0.05) is 30.3 Å². The van der Waals surface area contributed by atoms with Crippen molar-refractivity contribution >= 4 is 16.2 Å². The van der Waals surface area contributed by atoms with Gasteiger partial charge in [-0.2, -0.15) is 17.9 Å². The highest BCUT2D eigenvalue weighted by Gasteiger charge is 2.30. The molecule has 0 unspecified atom stereocenters. The Labute approximate surface area is 118 Å². The molecule has 7 heteroatoms. The Morgan fingerprint density at radius 2 is 1.95 bits per heavy atom. The Morgan fingerprint density at radius 3 is 2.50 bits per heavy atom. The van der Waals surface area contributed by atoms with Gasteiger partial charge in [0.15, 0.2) is 0 Å². The van der Waals surface area contributed by atoms with Crippen LogP contribution < -0.4 is 9.44 Å². The Balaban J connectivity index is 1.91. The molecular formula is C13H18N2O4S. The topological polar surface area (TPSA) is 95.5 Å². The van der Waals surface area contributed by atoms with Gasteiger partial charge in [-0.3, -0.25) is 4.79 Å². The summed E-state index contributed by atoms with van der Waals surface area (Å²) in [4.78, 5) is 11.1. The number of carboxylic acid groups (broad SMARTS) is 1. The lowest BCUT2D eigenvalue weighted by molar-refractivity contribution is -0.139. The third-order valence-corrected chi connectivity index (χ3v) is 4.30. The van der Waals surface area contributed by atoms with Gasteiger partial charge in [0.05, 0.1) is 0 Å². The molecule has 3 N–H and O–H groups in total. The quantitative estimate of drug-likeness (QED) is 0.657. The molecule has 0 heterocycles. The van der Waals surface area contributed by atoms with Crippen LogP contribution in [0.3, 0.4) is 0 Å². The number of aliphatic carboxylic acids is 1. The molecule has 1 aromatic carbocycles. The number of carbonyl (C=O) groups is 1.